The van der Waals surface area contributed by atoms with Crippen LogP contribution in [-0.2, 0) is 22.0 Å². The standard InChI is InChI=1S/C31H42O2/c1-2-25-9-28(31-14-22-6-23(15-31)8-24(7-22)16-31)29(33-18-26-17-32-26)10-27(25)30-11-19-3-20(12-30)5-21(4-19)13-30/h9-10,19-24,26H,2-8,11-18H2,1H3. The molecule has 1 aromatic carbocycles. The van der Waals surface area contributed by atoms with Crippen molar-refractivity contribution in [2.45, 2.75) is 107 Å². The van der Waals surface area contributed by atoms with Gasteiger partial charge in [-0.2, -0.15) is 0 Å². The number of ether oxygens (including phenoxy) is 2. The molecule has 0 amide bonds. The lowest BCUT2D eigenvalue weighted by Crippen LogP contribution is -2.50. The minimum Gasteiger partial charge on any atom is -0.490 e. The zero-order valence-corrected chi connectivity index (χ0v) is 20.6. The number of hydrogen-bond acceptors (Lipinski definition) is 2. The first-order valence-corrected chi connectivity index (χ1v) is 14.5. The van der Waals surface area contributed by atoms with Crippen molar-refractivity contribution in [2.24, 2.45) is 35.5 Å². The van der Waals surface area contributed by atoms with Crippen LogP contribution in [-0.4, -0.2) is 19.3 Å². The number of aryl methyl sites for hydroxylation is 1. The second kappa shape index (κ2) is 7.02. The van der Waals surface area contributed by atoms with Crippen LogP contribution < -0.4 is 4.74 Å². The van der Waals surface area contributed by atoms with Crippen LogP contribution >= 0.6 is 0 Å². The Labute approximate surface area is 200 Å². The van der Waals surface area contributed by atoms with Crippen LogP contribution in [0.2, 0.25) is 0 Å². The third kappa shape index (κ3) is 3.14. The molecule has 9 aliphatic rings. The van der Waals surface area contributed by atoms with Crippen molar-refractivity contribution in [2.75, 3.05) is 13.2 Å². The number of epoxide rings is 1. The van der Waals surface area contributed by atoms with Gasteiger partial charge in [-0.15, -0.1) is 0 Å². The van der Waals surface area contributed by atoms with Crippen molar-refractivity contribution < 1.29 is 9.47 Å². The Balaban J connectivity index is 1.24. The Morgan fingerprint density at radius 2 is 1.18 bits per heavy atom. The second-order valence-corrected chi connectivity index (χ2v) is 14.0. The van der Waals surface area contributed by atoms with Crippen molar-refractivity contribution in [3.8, 4) is 5.75 Å². The van der Waals surface area contributed by atoms with Crippen LogP contribution in [0.15, 0.2) is 12.1 Å². The molecule has 10 rings (SSSR count). The van der Waals surface area contributed by atoms with Crippen LogP contribution in [0.3, 0.4) is 0 Å². The molecule has 178 valence electrons. The lowest BCUT2D eigenvalue weighted by Gasteiger charge is -2.58. The Hall–Kier alpha value is -1.02. The van der Waals surface area contributed by atoms with Gasteiger partial charge in [-0.05, 0) is 147 Å². The SMILES string of the molecule is CCc1cc(C23CC4CC(CC(C4)C2)C3)c(OCC2CO2)cc1C12CC3CC(CC(C3)C1)C2. The van der Waals surface area contributed by atoms with Crippen LogP contribution in [0.25, 0.3) is 0 Å². The summed E-state index contributed by atoms with van der Waals surface area (Å²) in [5.41, 5.74) is 5.86. The molecule has 8 bridgehead atoms. The lowest BCUT2D eigenvalue weighted by molar-refractivity contribution is -0.00829. The Bertz CT molecular complexity index is 885. The van der Waals surface area contributed by atoms with Crippen molar-refractivity contribution in [3.05, 3.63) is 28.8 Å². The van der Waals surface area contributed by atoms with Gasteiger partial charge in [-0.1, -0.05) is 13.0 Å². The molecule has 1 aliphatic heterocycles. The highest BCUT2D eigenvalue weighted by molar-refractivity contribution is 5.51. The van der Waals surface area contributed by atoms with E-state index in [0.29, 0.717) is 16.9 Å². The fourth-order valence-electron chi connectivity index (χ4n) is 11.2. The molecule has 33 heavy (non-hydrogen) atoms. The third-order valence-electron chi connectivity index (χ3n) is 11.6. The summed E-state index contributed by atoms with van der Waals surface area (Å²) >= 11 is 0. The maximum absolute atomic E-state index is 6.73. The lowest BCUT2D eigenvalue weighted by atomic mass is 9.46. The largest absolute Gasteiger partial charge is 0.490 e. The molecule has 8 saturated carbocycles. The number of rotatable bonds is 6. The maximum atomic E-state index is 6.73. The van der Waals surface area contributed by atoms with E-state index in [0.717, 1.165) is 48.7 Å². The molecule has 0 spiro atoms. The average molecular weight is 447 g/mol. The van der Waals surface area contributed by atoms with Gasteiger partial charge >= 0.3 is 0 Å². The molecule has 9 fully saturated rings. The monoisotopic (exact) mass is 446 g/mol. The summed E-state index contributed by atoms with van der Waals surface area (Å²) in [7, 11) is 0. The van der Waals surface area contributed by atoms with Crippen molar-refractivity contribution in [3.63, 3.8) is 0 Å². The summed E-state index contributed by atoms with van der Waals surface area (Å²) in [5.74, 6) is 7.18. The van der Waals surface area contributed by atoms with E-state index >= 15 is 0 Å². The molecule has 8 aliphatic carbocycles. The van der Waals surface area contributed by atoms with E-state index in [9.17, 15) is 0 Å². The van der Waals surface area contributed by atoms with Crippen molar-refractivity contribution in [1.82, 2.24) is 0 Å². The van der Waals surface area contributed by atoms with E-state index in [1.54, 1.807) is 16.7 Å². The van der Waals surface area contributed by atoms with Gasteiger partial charge in [0.15, 0.2) is 0 Å². The molecule has 0 radical (unpaired) electrons. The van der Waals surface area contributed by atoms with E-state index in [2.05, 4.69) is 19.1 Å². The van der Waals surface area contributed by atoms with Crippen LogP contribution in [0.1, 0.15) is 101 Å². The van der Waals surface area contributed by atoms with Crippen LogP contribution in [0.4, 0.5) is 0 Å². The summed E-state index contributed by atoms with van der Waals surface area (Å²) in [6, 6.07) is 5.34. The highest BCUT2D eigenvalue weighted by Crippen LogP contribution is 2.64. The first-order chi connectivity index (χ1) is 16.1. The van der Waals surface area contributed by atoms with E-state index < -0.39 is 0 Å². The molecule has 1 heterocycles. The Morgan fingerprint density at radius 1 is 0.727 bits per heavy atom. The minimum absolute atomic E-state index is 0.336. The number of benzene rings is 1. The second-order valence-electron chi connectivity index (χ2n) is 14.0. The quantitative estimate of drug-likeness (QED) is 0.441. The first-order valence-electron chi connectivity index (χ1n) is 14.5. The van der Waals surface area contributed by atoms with Gasteiger partial charge in [-0.25, -0.2) is 0 Å². The highest BCUT2D eigenvalue weighted by atomic mass is 16.6. The van der Waals surface area contributed by atoms with Gasteiger partial charge < -0.3 is 9.47 Å². The average Bonchev–Trinajstić information content (AvgIpc) is 3.60. The van der Waals surface area contributed by atoms with Crippen LogP contribution in [0, 0.1) is 35.5 Å². The van der Waals surface area contributed by atoms with E-state index in [1.807, 2.05) is 0 Å². The molecule has 2 heteroatoms. The fourth-order valence-corrected chi connectivity index (χ4v) is 11.2. The fraction of sp³-hybridized carbons (Fsp3) is 0.806. The van der Waals surface area contributed by atoms with Crippen LogP contribution in [0.5, 0.6) is 5.75 Å². The normalized spacial score (nSPS) is 48.5. The molecular weight excluding hydrogens is 404 g/mol. The predicted molar refractivity (Wildman–Crippen MR) is 131 cm³/mol. The van der Waals surface area contributed by atoms with Crippen molar-refractivity contribution >= 4 is 0 Å². The predicted octanol–water partition coefficient (Wildman–Crippen LogP) is 6.96. The molecule has 1 aromatic rings. The molecule has 0 aromatic heterocycles. The van der Waals surface area contributed by atoms with Gasteiger partial charge in [-0.3, -0.25) is 0 Å². The van der Waals surface area contributed by atoms with E-state index in [1.165, 1.54) is 89.2 Å². The van der Waals surface area contributed by atoms with Gasteiger partial charge in [0.05, 0.1) is 6.61 Å². The molecule has 1 unspecified atom stereocenters. The molecular formula is C31H42O2. The molecule has 1 atom stereocenters. The van der Waals surface area contributed by atoms with Gasteiger partial charge in [0.25, 0.3) is 0 Å². The topological polar surface area (TPSA) is 21.8 Å². The van der Waals surface area contributed by atoms with Gasteiger partial charge in [0.1, 0.15) is 18.5 Å². The molecule has 1 saturated heterocycles. The summed E-state index contributed by atoms with van der Waals surface area (Å²) in [5, 5.41) is 0. The van der Waals surface area contributed by atoms with Gasteiger partial charge in [0, 0.05) is 5.56 Å². The third-order valence-corrected chi connectivity index (χ3v) is 11.6. The summed E-state index contributed by atoms with van der Waals surface area (Å²) in [6.45, 7) is 4.06. The Kier molecular flexibility index (Phi) is 4.30. The van der Waals surface area contributed by atoms with Crippen molar-refractivity contribution in [1.29, 1.82) is 0 Å². The smallest absolute Gasteiger partial charge is 0.123 e. The van der Waals surface area contributed by atoms with E-state index in [-0.39, 0.29) is 0 Å². The summed E-state index contributed by atoms with van der Waals surface area (Å²) < 4.78 is 12.3. The van der Waals surface area contributed by atoms with Gasteiger partial charge in [0.2, 0.25) is 0 Å². The molecule has 2 nitrogen and oxygen atoms in total. The first kappa shape index (κ1) is 20.2. The summed E-state index contributed by atoms with van der Waals surface area (Å²) in [6.07, 6.45) is 19.3. The maximum Gasteiger partial charge on any atom is 0.123 e. The molecule has 0 N–H and O–H groups in total. The highest BCUT2D eigenvalue weighted by Gasteiger charge is 2.55. The minimum atomic E-state index is 0.336. The zero-order valence-electron chi connectivity index (χ0n) is 20.6. The summed E-state index contributed by atoms with van der Waals surface area (Å²) in [4.78, 5) is 0. The van der Waals surface area contributed by atoms with E-state index in [4.69, 9.17) is 9.47 Å². The zero-order chi connectivity index (χ0) is 21.8. The number of hydrogen-bond donors (Lipinski definition) is 0. The Morgan fingerprint density at radius 3 is 1.61 bits per heavy atom.